The molecule has 3 unspecified atom stereocenters. The van der Waals surface area contributed by atoms with Crippen molar-refractivity contribution in [2.24, 2.45) is 11.8 Å². The second-order valence-corrected chi connectivity index (χ2v) is 6.58. The fourth-order valence-corrected chi connectivity index (χ4v) is 3.60. The van der Waals surface area contributed by atoms with Crippen LogP contribution in [0.5, 0.6) is 0 Å². The standard InChI is InChI=1S/C16H26N4O/c1-13-3-4-15(21)14(11-13)12-19-7-9-20(10-8-19)16-17-5-2-6-18-16/h2,5-6,13-15,21H,3-4,7-12H2,1H3. The first-order valence-electron chi connectivity index (χ1n) is 8.15. The summed E-state index contributed by atoms with van der Waals surface area (Å²) in [6.45, 7) is 7.37. The van der Waals surface area contributed by atoms with E-state index < -0.39 is 0 Å². The van der Waals surface area contributed by atoms with Crippen molar-refractivity contribution in [2.45, 2.75) is 32.3 Å². The number of aromatic nitrogens is 2. The summed E-state index contributed by atoms with van der Waals surface area (Å²) in [6.07, 6.45) is 6.82. The number of piperazine rings is 1. The smallest absolute Gasteiger partial charge is 0.225 e. The Kier molecular flexibility index (Phi) is 4.70. The van der Waals surface area contributed by atoms with Crippen LogP contribution in [-0.4, -0.2) is 58.8 Å². The van der Waals surface area contributed by atoms with Gasteiger partial charge in [0.1, 0.15) is 0 Å². The lowest BCUT2D eigenvalue weighted by Crippen LogP contribution is -2.50. The molecule has 0 bridgehead atoms. The molecule has 5 heteroatoms. The largest absolute Gasteiger partial charge is 0.393 e. The summed E-state index contributed by atoms with van der Waals surface area (Å²) in [7, 11) is 0. The van der Waals surface area contributed by atoms with E-state index in [1.165, 1.54) is 12.8 Å². The fourth-order valence-electron chi connectivity index (χ4n) is 3.60. The molecule has 2 fully saturated rings. The van der Waals surface area contributed by atoms with Gasteiger partial charge in [-0.2, -0.15) is 0 Å². The van der Waals surface area contributed by atoms with E-state index in [0.29, 0.717) is 5.92 Å². The minimum Gasteiger partial charge on any atom is -0.393 e. The Hall–Kier alpha value is -1.20. The molecule has 3 atom stereocenters. The minimum atomic E-state index is -0.100. The number of aliphatic hydroxyl groups is 1. The predicted molar refractivity (Wildman–Crippen MR) is 83.2 cm³/mol. The molecular weight excluding hydrogens is 264 g/mol. The summed E-state index contributed by atoms with van der Waals surface area (Å²) in [5, 5.41) is 10.2. The monoisotopic (exact) mass is 290 g/mol. The van der Waals surface area contributed by atoms with E-state index in [-0.39, 0.29) is 6.10 Å². The molecule has 0 amide bonds. The molecule has 2 heterocycles. The van der Waals surface area contributed by atoms with Crippen molar-refractivity contribution in [3.8, 4) is 0 Å². The molecule has 1 saturated heterocycles. The summed E-state index contributed by atoms with van der Waals surface area (Å²) >= 11 is 0. The Labute approximate surface area is 127 Å². The normalized spacial score (nSPS) is 31.3. The number of nitrogens with zero attached hydrogens (tertiary/aromatic N) is 4. The summed E-state index contributed by atoms with van der Waals surface area (Å²) < 4.78 is 0. The van der Waals surface area contributed by atoms with Gasteiger partial charge in [-0.1, -0.05) is 6.92 Å². The highest BCUT2D eigenvalue weighted by Gasteiger charge is 2.29. The van der Waals surface area contributed by atoms with Crippen LogP contribution < -0.4 is 4.90 Å². The van der Waals surface area contributed by atoms with Crippen LogP contribution >= 0.6 is 0 Å². The van der Waals surface area contributed by atoms with Gasteiger partial charge in [0.05, 0.1) is 6.10 Å². The molecule has 116 valence electrons. The van der Waals surface area contributed by atoms with Crippen LogP contribution in [0.15, 0.2) is 18.5 Å². The first kappa shape index (κ1) is 14.7. The Morgan fingerprint density at radius 3 is 2.57 bits per heavy atom. The topological polar surface area (TPSA) is 52.5 Å². The molecule has 1 aromatic rings. The van der Waals surface area contributed by atoms with Crippen molar-refractivity contribution >= 4 is 5.95 Å². The molecular formula is C16H26N4O. The van der Waals surface area contributed by atoms with Crippen molar-refractivity contribution in [1.82, 2.24) is 14.9 Å². The molecule has 0 spiro atoms. The molecule has 3 rings (SSSR count). The predicted octanol–water partition coefficient (Wildman–Crippen LogP) is 1.40. The zero-order valence-electron chi connectivity index (χ0n) is 12.9. The molecule has 0 radical (unpaired) electrons. The summed E-state index contributed by atoms with van der Waals surface area (Å²) in [4.78, 5) is 13.4. The number of rotatable bonds is 3. The zero-order chi connectivity index (χ0) is 14.7. The number of hydrogen-bond donors (Lipinski definition) is 1. The lowest BCUT2D eigenvalue weighted by molar-refractivity contribution is 0.0295. The number of hydrogen-bond acceptors (Lipinski definition) is 5. The molecule has 2 aliphatic rings. The SMILES string of the molecule is CC1CCC(O)C(CN2CCN(c3ncccn3)CC2)C1. The Bertz CT molecular complexity index is 433. The van der Waals surface area contributed by atoms with Gasteiger partial charge in [-0.3, -0.25) is 4.90 Å². The van der Waals surface area contributed by atoms with Crippen molar-refractivity contribution in [3.05, 3.63) is 18.5 Å². The Morgan fingerprint density at radius 1 is 1.14 bits per heavy atom. The average molecular weight is 290 g/mol. The van der Waals surface area contributed by atoms with Crippen LogP contribution in [0.3, 0.4) is 0 Å². The number of aliphatic hydroxyl groups excluding tert-OH is 1. The third kappa shape index (κ3) is 3.71. The highest BCUT2D eigenvalue weighted by molar-refractivity contribution is 5.29. The van der Waals surface area contributed by atoms with Gasteiger partial charge in [-0.15, -0.1) is 0 Å². The minimum absolute atomic E-state index is 0.100. The Morgan fingerprint density at radius 2 is 1.86 bits per heavy atom. The van der Waals surface area contributed by atoms with Crippen LogP contribution in [0.25, 0.3) is 0 Å². The van der Waals surface area contributed by atoms with E-state index in [1.54, 1.807) is 12.4 Å². The van der Waals surface area contributed by atoms with Gasteiger partial charge < -0.3 is 10.0 Å². The van der Waals surface area contributed by atoms with E-state index in [0.717, 1.165) is 51.0 Å². The van der Waals surface area contributed by atoms with E-state index >= 15 is 0 Å². The van der Waals surface area contributed by atoms with Crippen LogP contribution in [0.1, 0.15) is 26.2 Å². The Balaban J connectivity index is 1.49. The van der Waals surface area contributed by atoms with Crippen molar-refractivity contribution in [1.29, 1.82) is 0 Å². The van der Waals surface area contributed by atoms with Gasteiger partial charge in [0.25, 0.3) is 0 Å². The maximum Gasteiger partial charge on any atom is 0.225 e. The molecule has 1 aliphatic heterocycles. The molecule has 21 heavy (non-hydrogen) atoms. The third-order valence-corrected chi connectivity index (χ3v) is 4.90. The lowest BCUT2D eigenvalue weighted by atomic mass is 9.80. The van der Waals surface area contributed by atoms with Crippen LogP contribution in [0.4, 0.5) is 5.95 Å². The molecule has 1 N–H and O–H groups in total. The van der Waals surface area contributed by atoms with Gasteiger partial charge in [0.15, 0.2) is 0 Å². The second-order valence-electron chi connectivity index (χ2n) is 6.58. The van der Waals surface area contributed by atoms with Gasteiger partial charge >= 0.3 is 0 Å². The summed E-state index contributed by atoms with van der Waals surface area (Å²) in [5.74, 6) is 2.05. The zero-order valence-corrected chi connectivity index (χ0v) is 12.9. The molecule has 5 nitrogen and oxygen atoms in total. The van der Waals surface area contributed by atoms with E-state index in [2.05, 4.69) is 26.7 Å². The number of anilines is 1. The highest BCUT2D eigenvalue weighted by atomic mass is 16.3. The fraction of sp³-hybridized carbons (Fsp3) is 0.750. The van der Waals surface area contributed by atoms with Gasteiger partial charge in [-0.25, -0.2) is 9.97 Å². The van der Waals surface area contributed by atoms with Gasteiger partial charge in [-0.05, 0) is 37.2 Å². The third-order valence-electron chi connectivity index (χ3n) is 4.90. The van der Waals surface area contributed by atoms with Crippen molar-refractivity contribution < 1.29 is 5.11 Å². The maximum absolute atomic E-state index is 10.2. The first-order chi connectivity index (χ1) is 10.2. The van der Waals surface area contributed by atoms with E-state index in [9.17, 15) is 5.11 Å². The first-order valence-corrected chi connectivity index (χ1v) is 8.15. The summed E-state index contributed by atoms with van der Waals surface area (Å²) in [6, 6.07) is 1.85. The van der Waals surface area contributed by atoms with E-state index in [1.807, 2.05) is 6.07 Å². The second kappa shape index (κ2) is 6.71. The van der Waals surface area contributed by atoms with Crippen LogP contribution in [0.2, 0.25) is 0 Å². The average Bonchev–Trinajstić information content (AvgIpc) is 2.53. The molecule has 1 saturated carbocycles. The van der Waals surface area contributed by atoms with Crippen molar-refractivity contribution in [3.63, 3.8) is 0 Å². The maximum atomic E-state index is 10.2. The lowest BCUT2D eigenvalue weighted by Gasteiger charge is -2.39. The summed E-state index contributed by atoms with van der Waals surface area (Å²) in [5.41, 5.74) is 0. The quantitative estimate of drug-likeness (QED) is 0.912. The molecule has 1 aliphatic carbocycles. The molecule has 1 aromatic heterocycles. The van der Waals surface area contributed by atoms with Gasteiger partial charge in [0, 0.05) is 45.1 Å². The van der Waals surface area contributed by atoms with Crippen molar-refractivity contribution in [2.75, 3.05) is 37.6 Å². The van der Waals surface area contributed by atoms with Gasteiger partial charge in [0.2, 0.25) is 5.95 Å². The molecule has 0 aromatic carbocycles. The highest BCUT2D eigenvalue weighted by Crippen LogP contribution is 2.29. The van der Waals surface area contributed by atoms with Crippen LogP contribution in [0, 0.1) is 11.8 Å². The van der Waals surface area contributed by atoms with Crippen LogP contribution in [-0.2, 0) is 0 Å². The van der Waals surface area contributed by atoms with E-state index in [4.69, 9.17) is 0 Å².